The monoisotopic (exact) mass is 406 g/mol. The Morgan fingerprint density at radius 3 is 2.17 bits per heavy atom. The van der Waals surface area contributed by atoms with Crippen molar-refractivity contribution in [1.29, 1.82) is 0 Å². The van der Waals surface area contributed by atoms with Crippen LogP contribution in [-0.4, -0.2) is 49.4 Å². The second-order valence-corrected chi connectivity index (χ2v) is 7.21. The lowest BCUT2D eigenvalue weighted by Gasteiger charge is -2.26. The summed E-state index contributed by atoms with van der Waals surface area (Å²) in [6.45, 7) is 5.77. The van der Waals surface area contributed by atoms with Crippen LogP contribution in [0.2, 0.25) is 0 Å². The summed E-state index contributed by atoms with van der Waals surface area (Å²) in [4.78, 5) is 37.6. The van der Waals surface area contributed by atoms with Gasteiger partial charge in [-0.3, -0.25) is 25.2 Å². The Hall–Kier alpha value is -2.65. The highest BCUT2D eigenvalue weighted by Gasteiger charge is 2.29. The van der Waals surface area contributed by atoms with Gasteiger partial charge >= 0.3 is 0 Å². The van der Waals surface area contributed by atoms with E-state index < -0.39 is 24.0 Å². The van der Waals surface area contributed by atoms with Crippen LogP contribution < -0.4 is 32.5 Å². The van der Waals surface area contributed by atoms with Crippen molar-refractivity contribution in [3.8, 4) is 0 Å². The van der Waals surface area contributed by atoms with Gasteiger partial charge in [0, 0.05) is 0 Å². The molecule has 0 aromatic heterocycles. The van der Waals surface area contributed by atoms with Crippen molar-refractivity contribution in [2.24, 2.45) is 11.7 Å². The Morgan fingerprint density at radius 2 is 1.62 bits per heavy atom. The summed E-state index contributed by atoms with van der Waals surface area (Å²) in [5.74, 6) is -1.22. The molecule has 0 aliphatic rings. The molecule has 0 unspecified atom stereocenters. The van der Waals surface area contributed by atoms with Crippen molar-refractivity contribution in [2.75, 3.05) is 19.0 Å². The molecule has 3 atom stereocenters. The Bertz CT molecular complexity index is 653. The van der Waals surface area contributed by atoms with Crippen molar-refractivity contribution in [1.82, 2.24) is 21.4 Å². The van der Waals surface area contributed by atoms with E-state index in [2.05, 4.69) is 26.8 Å². The van der Waals surface area contributed by atoms with Crippen LogP contribution >= 0.6 is 0 Å². The molecular formula is C20H34N6O3. The number of hydrogen-bond acceptors (Lipinski definition) is 6. The van der Waals surface area contributed by atoms with Crippen LogP contribution in [0.15, 0.2) is 30.3 Å². The third-order valence-electron chi connectivity index (χ3n) is 4.51. The number of hydrogen-bond donors (Lipinski definition) is 6. The van der Waals surface area contributed by atoms with E-state index in [0.29, 0.717) is 19.4 Å². The quantitative estimate of drug-likeness (QED) is 0.272. The molecule has 1 aromatic rings. The molecular weight excluding hydrogens is 372 g/mol. The maximum absolute atomic E-state index is 12.8. The predicted octanol–water partition coefficient (Wildman–Crippen LogP) is 0.102. The lowest BCUT2D eigenvalue weighted by atomic mass is 10.0. The van der Waals surface area contributed by atoms with Gasteiger partial charge in [0.1, 0.15) is 12.1 Å². The second-order valence-electron chi connectivity index (χ2n) is 7.21. The first kappa shape index (κ1) is 24.4. The molecule has 29 heavy (non-hydrogen) atoms. The molecule has 1 rings (SSSR count). The lowest BCUT2D eigenvalue weighted by Crippen LogP contribution is -2.57. The second kappa shape index (κ2) is 12.7. The van der Waals surface area contributed by atoms with Crippen LogP contribution in [0.25, 0.3) is 0 Å². The zero-order valence-corrected chi connectivity index (χ0v) is 17.6. The highest BCUT2D eigenvalue weighted by molar-refractivity contribution is 5.93. The van der Waals surface area contributed by atoms with E-state index in [-0.39, 0.29) is 17.7 Å². The Kier molecular flexibility index (Phi) is 10.7. The van der Waals surface area contributed by atoms with Crippen LogP contribution in [0, 0.1) is 5.92 Å². The highest BCUT2D eigenvalue weighted by atomic mass is 16.2. The molecule has 1 aromatic carbocycles. The van der Waals surface area contributed by atoms with Gasteiger partial charge in [0.05, 0.1) is 11.7 Å². The number of anilines is 1. The normalized spacial score (nSPS) is 13.9. The van der Waals surface area contributed by atoms with Crippen LogP contribution in [0.5, 0.6) is 0 Å². The number of amides is 3. The zero-order chi connectivity index (χ0) is 21.8. The predicted molar refractivity (Wildman–Crippen MR) is 114 cm³/mol. The molecule has 0 fully saturated rings. The minimum Gasteiger partial charge on any atom is -0.343 e. The average Bonchev–Trinajstić information content (AvgIpc) is 2.72. The van der Waals surface area contributed by atoms with Gasteiger partial charge < -0.3 is 21.7 Å². The molecule has 0 spiro atoms. The van der Waals surface area contributed by atoms with Crippen LogP contribution in [0.1, 0.15) is 33.6 Å². The van der Waals surface area contributed by atoms with Gasteiger partial charge in [0.25, 0.3) is 5.91 Å². The molecule has 3 amide bonds. The summed E-state index contributed by atoms with van der Waals surface area (Å²) >= 11 is 0. The van der Waals surface area contributed by atoms with E-state index in [1.807, 2.05) is 32.0 Å². The molecule has 0 aliphatic carbocycles. The summed E-state index contributed by atoms with van der Waals surface area (Å²) in [5.41, 5.74) is 11.7. The smallest absolute Gasteiger partial charge is 0.260 e. The molecule has 7 N–H and O–H groups in total. The third kappa shape index (κ3) is 8.49. The summed E-state index contributed by atoms with van der Waals surface area (Å²) in [5, 5.41) is 8.33. The average molecular weight is 407 g/mol. The zero-order valence-electron chi connectivity index (χ0n) is 17.6. The van der Waals surface area contributed by atoms with E-state index in [1.165, 1.54) is 0 Å². The molecule has 0 radical (unpaired) electrons. The number of rotatable bonds is 12. The molecule has 0 saturated heterocycles. The summed E-state index contributed by atoms with van der Waals surface area (Å²) in [6, 6.07) is 7.19. The van der Waals surface area contributed by atoms with E-state index in [9.17, 15) is 14.4 Å². The molecule has 0 bridgehead atoms. The van der Waals surface area contributed by atoms with E-state index in [4.69, 9.17) is 5.73 Å². The van der Waals surface area contributed by atoms with Crippen LogP contribution in [0.4, 0.5) is 5.69 Å². The lowest BCUT2D eigenvalue weighted by molar-refractivity contribution is -0.133. The van der Waals surface area contributed by atoms with Crippen LogP contribution in [-0.2, 0) is 14.4 Å². The first-order chi connectivity index (χ1) is 13.8. The first-order valence-corrected chi connectivity index (χ1v) is 9.89. The van der Waals surface area contributed by atoms with Gasteiger partial charge in [-0.05, 0) is 51.4 Å². The number of nitrogens with one attached hydrogen (secondary N) is 5. The number of carbonyl (C=O) groups excluding carboxylic acids is 3. The van der Waals surface area contributed by atoms with Crippen molar-refractivity contribution in [3.63, 3.8) is 0 Å². The van der Waals surface area contributed by atoms with Crippen molar-refractivity contribution >= 4 is 23.4 Å². The third-order valence-corrected chi connectivity index (χ3v) is 4.51. The minimum atomic E-state index is -0.776. The van der Waals surface area contributed by atoms with Gasteiger partial charge in [-0.15, -0.1) is 0 Å². The summed E-state index contributed by atoms with van der Waals surface area (Å²) < 4.78 is 0. The fourth-order valence-corrected chi connectivity index (χ4v) is 2.54. The molecule has 0 aliphatic heterocycles. The van der Waals surface area contributed by atoms with Crippen molar-refractivity contribution in [2.45, 2.75) is 51.7 Å². The molecule has 9 nitrogen and oxygen atoms in total. The maximum atomic E-state index is 12.8. The van der Waals surface area contributed by atoms with E-state index >= 15 is 0 Å². The number of nitrogens with two attached hydrogens (primary N) is 1. The topological polar surface area (TPSA) is 137 Å². The number of benzene rings is 1. The SMILES string of the molecule is CN[C@@H](C)C(=O)N[C@H](C(=O)N[C@@H](CCCN)C(=O)NNc1ccccc1)C(C)C. The van der Waals surface area contributed by atoms with Gasteiger partial charge in [0.2, 0.25) is 11.8 Å². The Balaban J connectivity index is 2.78. The van der Waals surface area contributed by atoms with E-state index in [1.54, 1.807) is 26.1 Å². The van der Waals surface area contributed by atoms with Gasteiger partial charge in [-0.25, -0.2) is 0 Å². The molecule has 0 heterocycles. The van der Waals surface area contributed by atoms with Crippen LogP contribution in [0.3, 0.4) is 0 Å². The number of carbonyl (C=O) groups is 3. The molecule has 0 saturated carbocycles. The Labute approximate surface area is 172 Å². The fourth-order valence-electron chi connectivity index (χ4n) is 2.54. The summed E-state index contributed by atoms with van der Waals surface area (Å²) in [6.07, 6.45) is 0.954. The van der Waals surface area contributed by atoms with Gasteiger partial charge in [0.15, 0.2) is 0 Å². The minimum absolute atomic E-state index is 0.149. The molecule has 9 heteroatoms. The largest absolute Gasteiger partial charge is 0.343 e. The summed E-state index contributed by atoms with van der Waals surface area (Å²) in [7, 11) is 1.67. The Morgan fingerprint density at radius 1 is 0.966 bits per heavy atom. The van der Waals surface area contributed by atoms with Crippen molar-refractivity contribution in [3.05, 3.63) is 30.3 Å². The van der Waals surface area contributed by atoms with Gasteiger partial charge in [-0.1, -0.05) is 32.0 Å². The molecule has 162 valence electrons. The number of likely N-dealkylation sites (N-methyl/N-ethyl adjacent to an activating group) is 1. The number of hydrazine groups is 1. The van der Waals surface area contributed by atoms with Crippen molar-refractivity contribution < 1.29 is 14.4 Å². The first-order valence-electron chi connectivity index (χ1n) is 9.89. The fraction of sp³-hybridized carbons (Fsp3) is 0.550. The number of para-hydroxylation sites is 1. The van der Waals surface area contributed by atoms with E-state index in [0.717, 1.165) is 5.69 Å². The van der Waals surface area contributed by atoms with Gasteiger partial charge in [-0.2, -0.15) is 0 Å². The maximum Gasteiger partial charge on any atom is 0.260 e. The highest BCUT2D eigenvalue weighted by Crippen LogP contribution is 2.06. The standard InChI is InChI=1S/C20H34N6O3/c1-13(2)17(24-18(27)14(3)22-4)20(29)23-16(11-8-12-21)19(28)26-25-15-9-6-5-7-10-15/h5-7,9-10,13-14,16-17,22,25H,8,11-12,21H2,1-4H3,(H,23,29)(H,24,27)(H,26,28)/t14-,16-,17-/m0/s1.